The van der Waals surface area contributed by atoms with Gasteiger partial charge in [0.2, 0.25) is 0 Å². The summed E-state index contributed by atoms with van der Waals surface area (Å²) >= 11 is 5.65. The fourth-order valence-electron chi connectivity index (χ4n) is 5.26. The Morgan fingerprint density at radius 1 is 1.26 bits per heavy atom. The van der Waals surface area contributed by atoms with Crippen LogP contribution in [0.1, 0.15) is 42.9 Å². The highest BCUT2D eigenvalue weighted by Crippen LogP contribution is 2.54. The number of halogens is 3. The lowest BCUT2D eigenvalue weighted by Gasteiger charge is -2.63. The highest BCUT2D eigenvalue weighted by molar-refractivity contribution is 6.30. The van der Waals surface area contributed by atoms with Crippen molar-refractivity contribution in [2.75, 3.05) is 6.61 Å². The lowest BCUT2D eigenvalue weighted by molar-refractivity contribution is -0.141. The maximum absolute atomic E-state index is 13.8. The number of hydrogen-bond acceptors (Lipinski definition) is 5. The Labute approximate surface area is 205 Å². The van der Waals surface area contributed by atoms with Crippen LogP contribution in [0.4, 0.5) is 8.78 Å². The van der Waals surface area contributed by atoms with E-state index >= 15 is 0 Å². The standard InChI is InChI=1S/C25H25ClF2N2O5/c1-12-6-21-14(8-17(12)27)20(31)9-22(35-21)24(33)29-19-10-25(5-4-15(19)25)30-23(32)11-34-13-2-3-16(26)18(28)7-13/h2-3,6-8,15,19-20,22,31H,4-5,9-11H2,1H3,(H,29,33)(H,30,32)/t15?,19?,20-,22-,25?/m0/s1. The lowest BCUT2D eigenvalue weighted by Crippen LogP contribution is -2.76. The van der Waals surface area contributed by atoms with E-state index in [0.717, 1.165) is 18.9 Å². The predicted molar refractivity (Wildman–Crippen MR) is 122 cm³/mol. The minimum atomic E-state index is -0.998. The normalized spacial score (nSPS) is 28.4. The second-order valence-electron chi connectivity index (χ2n) is 9.53. The van der Waals surface area contributed by atoms with E-state index < -0.39 is 29.4 Å². The van der Waals surface area contributed by atoms with Gasteiger partial charge < -0.3 is 25.2 Å². The topological polar surface area (TPSA) is 96.9 Å². The molecule has 1 heterocycles. The average molecular weight is 507 g/mol. The Bertz CT molecular complexity index is 1190. The molecule has 2 aliphatic carbocycles. The van der Waals surface area contributed by atoms with Crippen molar-refractivity contribution in [3.8, 4) is 11.5 Å². The summed E-state index contributed by atoms with van der Waals surface area (Å²) in [6.45, 7) is 1.33. The van der Waals surface area contributed by atoms with E-state index in [0.29, 0.717) is 23.3 Å². The average Bonchev–Trinajstić information content (AvgIpc) is 2.80. The molecule has 10 heteroatoms. The lowest BCUT2D eigenvalue weighted by atomic mass is 9.50. The van der Waals surface area contributed by atoms with Crippen LogP contribution in [0.5, 0.6) is 11.5 Å². The summed E-state index contributed by atoms with van der Waals surface area (Å²) in [6, 6.07) is 6.57. The molecule has 2 aromatic carbocycles. The molecule has 3 aliphatic rings. The van der Waals surface area contributed by atoms with Crippen molar-refractivity contribution < 1.29 is 33.0 Å². The molecule has 2 aromatic rings. The first-order valence-electron chi connectivity index (χ1n) is 11.5. The number of aliphatic hydroxyl groups excluding tert-OH is 1. The summed E-state index contributed by atoms with van der Waals surface area (Å²) in [6.07, 6.45) is 0.360. The third-order valence-electron chi connectivity index (χ3n) is 7.31. The third-order valence-corrected chi connectivity index (χ3v) is 7.61. The SMILES string of the molecule is Cc1cc2c(cc1F)[C@@H](O)C[C@@H](C(=O)NC1CC3(NC(=O)COc4ccc(Cl)c(F)c4)CCC13)O2. The van der Waals surface area contributed by atoms with Crippen LogP contribution in [0.3, 0.4) is 0 Å². The van der Waals surface area contributed by atoms with Crippen LogP contribution in [0.2, 0.25) is 5.02 Å². The smallest absolute Gasteiger partial charge is 0.261 e. The predicted octanol–water partition coefficient (Wildman–Crippen LogP) is 3.34. The van der Waals surface area contributed by atoms with Gasteiger partial charge in [0.1, 0.15) is 23.1 Å². The van der Waals surface area contributed by atoms with Gasteiger partial charge in [0.25, 0.3) is 11.8 Å². The fourth-order valence-corrected chi connectivity index (χ4v) is 5.38. The van der Waals surface area contributed by atoms with Gasteiger partial charge in [0.15, 0.2) is 12.7 Å². The molecule has 2 fully saturated rings. The van der Waals surface area contributed by atoms with Crippen molar-refractivity contribution in [3.05, 3.63) is 58.1 Å². The highest BCUT2D eigenvalue weighted by atomic mass is 35.5. The number of carbonyl (C=O) groups is 2. The molecule has 5 atom stereocenters. The number of ether oxygens (including phenoxy) is 2. The van der Waals surface area contributed by atoms with E-state index in [4.69, 9.17) is 21.1 Å². The van der Waals surface area contributed by atoms with E-state index in [1.54, 1.807) is 6.92 Å². The van der Waals surface area contributed by atoms with Gasteiger partial charge in [-0.1, -0.05) is 11.6 Å². The first kappa shape index (κ1) is 23.8. The molecule has 0 aromatic heterocycles. The zero-order valence-corrected chi connectivity index (χ0v) is 19.7. The van der Waals surface area contributed by atoms with Gasteiger partial charge in [0, 0.05) is 35.5 Å². The van der Waals surface area contributed by atoms with E-state index in [9.17, 15) is 23.5 Å². The summed E-state index contributed by atoms with van der Waals surface area (Å²) in [7, 11) is 0. The molecule has 1 aliphatic heterocycles. The van der Waals surface area contributed by atoms with E-state index in [-0.39, 0.29) is 47.6 Å². The number of aryl methyl sites for hydroxylation is 1. The molecular formula is C25H25ClF2N2O5. The molecule has 0 radical (unpaired) electrons. The number of hydrogen-bond donors (Lipinski definition) is 3. The number of rotatable bonds is 6. The van der Waals surface area contributed by atoms with Gasteiger partial charge in [-0.25, -0.2) is 8.78 Å². The molecule has 35 heavy (non-hydrogen) atoms. The van der Waals surface area contributed by atoms with Crippen molar-refractivity contribution in [3.63, 3.8) is 0 Å². The van der Waals surface area contributed by atoms with E-state index in [1.807, 2.05) is 0 Å². The van der Waals surface area contributed by atoms with Gasteiger partial charge in [-0.15, -0.1) is 0 Å². The van der Waals surface area contributed by atoms with Crippen LogP contribution in [-0.4, -0.2) is 41.2 Å². The van der Waals surface area contributed by atoms with Crippen LogP contribution >= 0.6 is 11.6 Å². The number of aliphatic hydroxyl groups is 1. The van der Waals surface area contributed by atoms with Gasteiger partial charge in [-0.3, -0.25) is 9.59 Å². The molecule has 0 spiro atoms. The molecule has 186 valence electrons. The van der Waals surface area contributed by atoms with Crippen molar-refractivity contribution in [1.29, 1.82) is 0 Å². The minimum Gasteiger partial charge on any atom is -0.484 e. The van der Waals surface area contributed by atoms with Crippen LogP contribution in [0.15, 0.2) is 30.3 Å². The Hall–Kier alpha value is -2.91. The molecule has 0 saturated heterocycles. The second-order valence-corrected chi connectivity index (χ2v) is 9.94. The first-order chi connectivity index (χ1) is 16.6. The molecular weight excluding hydrogens is 482 g/mol. The Kier molecular flexibility index (Phi) is 6.09. The maximum atomic E-state index is 13.8. The van der Waals surface area contributed by atoms with Crippen LogP contribution in [0.25, 0.3) is 0 Å². The largest absolute Gasteiger partial charge is 0.484 e. The number of benzene rings is 2. The van der Waals surface area contributed by atoms with E-state index in [2.05, 4.69) is 10.6 Å². The van der Waals surface area contributed by atoms with Crippen LogP contribution in [-0.2, 0) is 9.59 Å². The summed E-state index contributed by atoms with van der Waals surface area (Å²) in [4.78, 5) is 25.3. The van der Waals surface area contributed by atoms with Crippen LogP contribution < -0.4 is 20.1 Å². The Morgan fingerprint density at radius 2 is 2.06 bits per heavy atom. The summed E-state index contributed by atoms with van der Waals surface area (Å²) in [5.74, 6) is -1.13. The summed E-state index contributed by atoms with van der Waals surface area (Å²) in [5.41, 5.74) is 0.318. The molecule has 2 saturated carbocycles. The zero-order chi connectivity index (χ0) is 24.9. The maximum Gasteiger partial charge on any atom is 0.261 e. The molecule has 2 amide bonds. The van der Waals surface area contributed by atoms with Gasteiger partial charge in [-0.05, 0) is 56.0 Å². The highest BCUT2D eigenvalue weighted by Gasteiger charge is 2.61. The van der Waals surface area contributed by atoms with Gasteiger partial charge >= 0.3 is 0 Å². The molecule has 7 nitrogen and oxygen atoms in total. The second kappa shape index (κ2) is 8.95. The monoisotopic (exact) mass is 506 g/mol. The zero-order valence-electron chi connectivity index (χ0n) is 18.9. The molecule has 3 unspecified atom stereocenters. The fraction of sp³-hybridized carbons (Fsp3) is 0.440. The Morgan fingerprint density at radius 3 is 2.74 bits per heavy atom. The Balaban J connectivity index is 1.13. The van der Waals surface area contributed by atoms with Gasteiger partial charge in [0.05, 0.1) is 11.1 Å². The van der Waals surface area contributed by atoms with Crippen LogP contribution in [0, 0.1) is 24.5 Å². The molecule has 3 N–H and O–H groups in total. The first-order valence-corrected chi connectivity index (χ1v) is 11.9. The van der Waals surface area contributed by atoms with E-state index in [1.165, 1.54) is 24.3 Å². The minimum absolute atomic E-state index is 0.0260. The van der Waals surface area contributed by atoms with Crippen molar-refractivity contribution in [2.24, 2.45) is 5.92 Å². The van der Waals surface area contributed by atoms with Crippen molar-refractivity contribution >= 4 is 23.4 Å². The van der Waals surface area contributed by atoms with Gasteiger partial charge in [-0.2, -0.15) is 0 Å². The quantitative estimate of drug-likeness (QED) is 0.558. The number of amides is 2. The number of carbonyl (C=O) groups excluding carboxylic acids is 2. The van der Waals surface area contributed by atoms with Crippen molar-refractivity contribution in [1.82, 2.24) is 10.6 Å². The molecule has 0 bridgehead atoms. The third kappa shape index (κ3) is 4.43. The molecule has 5 rings (SSSR count). The number of nitrogens with one attached hydrogen (secondary N) is 2. The number of fused-ring (bicyclic) bond motifs is 2. The van der Waals surface area contributed by atoms with Crippen molar-refractivity contribution in [2.45, 2.75) is 56.4 Å². The summed E-state index contributed by atoms with van der Waals surface area (Å²) < 4.78 is 38.5. The summed E-state index contributed by atoms with van der Waals surface area (Å²) in [5, 5.41) is 16.3.